The summed E-state index contributed by atoms with van der Waals surface area (Å²) in [5.74, 6) is -0.230. The number of hydrogen-bond donors (Lipinski definition) is 3. The SMILES string of the molecule is CC(CCCC(C)C(=O)Nc1ccccc1CNC=O)NC(=O)OC(C)(C)C. The highest BCUT2D eigenvalue weighted by atomic mass is 16.6. The monoisotopic (exact) mass is 391 g/mol. The molecule has 0 fully saturated rings. The molecule has 2 unspecified atom stereocenters. The molecule has 1 aromatic carbocycles. The Labute approximate surface area is 167 Å². The van der Waals surface area contributed by atoms with Crippen LogP contribution in [0, 0.1) is 5.92 Å². The van der Waals surface area contributed by atoms with Crippen LogP contribution in [0.3, 0.4) is 0 Å². The molecule has 2 atom stereocenters. The number of anilines is 1. The highest BCUT2D eigenvalue weighted by molar-refractivity contribution is 5.93. The van der Waals surface area contributed by atoms with Gasteiger partial charge in [-0.2, -0.15) is 0 Å². The number of nitrogens with one attached hydrogen (secondary N) is 3. The first-order valence-electron chi connectivity index (χ1n) is 9.67. The van der Waals surface area contributed by atoms with E-state index in [0.717, 1.165) is 18.4 Å². The minimum atomic E-state index is -0.520. The van der Waals surface area contributed by atoms with Gasteiger partial charge >= 0.3 is 6.09 Å². The molecule has 7 heteroatoms. The lowest BCUT2D eigenvalue weighted by Gasteiger charge is -2.22. The van der Waals surface area contributed by atoms with Crippen LogP contribution in [0.1, 0.15) is 59.4 Å². The first-order valence-corrected chi connectivity index (χ1v) is 9.67. The van der Waals surface area contributed by atoms with Crippen molar-refractivity contribution in [2.45, 2.75) is 72.1 Å². The molecular weight excluding hydrogens is 358 g/mol. The first kappa shape index (κ1) is 23.5. The predicted molar refractivity (Wildman–Crippen MR) is 110 cm³/mol. The molecule has 0 aliphatic heterocycles. The van der Waals surface area contributed by atoms with Gasteiger partial charge in [0.05, 0.1) is 0 Å². The van der Waals surface area contributed by atoms with Crippen molar-refractivity contribution in [1.82, 2.24) is 10.6 Å². The molecule has 1 aromatic rings. The van der Waals surface area contributed by atoms with Crippen LogP contribution < -0.4 is 16.0 Å². The van der Waals surface area contributed by atoms with E-state index >= 15 is 0 Å². The summed E-state index contributed by atoms with van der Waals surface area (Å²) in [5.41, 5.74) is 1.03. The van der Waals surface area contributed by atoms with Crippen LogP contribution in [-0.2, 0) is 20.9 Å². The fraction of sp³-hybridized carbons (Fsp3) is 0.571. The van der Waals surface area contributed by atoms with Crippen molar-refractivity contribution in [1.29, 1.82) is 0 Å². The fourth-order valence-corrected chi connectivity index (χ4v) is 2.65. The maximum atomic E-state index is 12.5. The number of para-hydroxylation sites is 1. The zero-order valence-corrected chi connectivity index (χ0v) is 17.5. The Kier molecular flexibility index (Phi) is 9.48. The number of carbonyl (C=O) groups is 3. The molecule has 7 nitrogen and oxygen atoms in total. The van der Waals surface area contributed by atoms with Crippen LogP contribution in [0.25, 0.3) is 0 Å². The predicted octanol–water partition coefficient (Wildman–Crippen LogP) is 3.59. The molecule has 28 heavy (non-hydrogen) atoms. The van der Waals surface area contributed by atoms with Crippen LogP contribution in [0.4, 0.5) is 10.5 Å². The number of carbonyl (C=O) groups excluding carboxylic acids is 3. The summed E-state index contributed by atoms with van der Waals surface area (Å²) in [5, 5.41) is 8.35. The minimum Gasteiger partial charge on any atom is -0.444 e. The maximum Gasteiger partial charge on any atom is 0.407 e. The van der Waals surface area contributed by atoms with Gasteiger partial charge in [0.25, 0.3) is 0 Å². The summed E-state index contributed by atoms with van der Waals surface area (Å²) in [6.07, 6.45) is 2.48. The van der Waals surface area contributed by atoms with E-state index in [1.807, 2.05) is 58.9 Å². The third kappa shape index (κ3) is 9.39. The zero-order chi connectivity index (χ0) is 21.2. The van der Waals surface area contributed by atoms with Gasteiger partial charge < -0.3 is 20.7 Å². The molecule has 1 rings (SSSR count). The molecule has 0 aliphatic rings. The molecule has 0 heterocycles. The number of ether oxygens (including phenoxy) is 1. The maximum absolute atomic E-state index is 12.5. The van der Waals surface area contributed by atoms with Crippen molar-refractivity contribution in [2.24, 2.45) is 5.92 Å². The Bertz CT molecular complexity index is 655. The average Bonchev–Trinajstić information content (AvgIpc) is 2.59. The number of hydrogen-bond acceptors (Lipinski definition) is 4. The number of amides is 3. The van der Waals surface area contributed by atoms with E-state index in [9.17, 15) is 14.4 Å². The standard InChI is InChI=1S/C21H33N3O4/c1-15(9-8-10-16(2)23-20(27)28-21(3,4)5)19(26)24-18-12-7-6-11-17(18)13-22-14-25/h6-7,11-12,14-16H,8-10,13H2,1-5H3,(H,22,25)(H,23,27)(H,24,26). The van der Waals surface area contributed by atoms with Crippen LogP contribution in [0.15, 0.2) is 24.3 Å². The average molecular weight is 392 g/mol. The molecular formula is C21H33N3O4. The lowest BCUT2D eigenvalue weighted by Crippen LogP contribution is -2.37. The van der Waals surface area contributed by atoms with Gasteiger partial charge in [0.15, 0.2) is 0 Å². The highest BCUT2D eigenvalue weighted by Gasteiger charge is 2.18. The van der Waals surface area contributed by atoms with Crippen molar-refractivity contribution in [3.63, 3.8) is 0 Å². The molecule has 156 valence electrons. The molecule has 0 bridgehead atoms. The van der Waals surface area contributed by atoms with Crippen LogP contribution >= 0.6 is 0 Å². The van der Waals surface area contributed by atoms with E-state index in [4.69, 9.17) is 4.74 Å². The highest BCUT2D eigenvalue weighted by Crippen LogP contribution is 2.18. The molecule has 0 saturated heterocycles. The van der Waals surface area contributed by atoms with Crippen LogP contribution in [0.5, 0.6) is 0 Å². The summed E-state index contributed by atoms with van der Waals surface area (Å²) in [6.45, 7) is 9.64. The van der Waals surface area contributed by atoms with Crippen molar-refractivity contribution >= 4 is 24.1 Å². The largest absolute Gasteiger partial charge is 0.444 e. The Balaban J connectivity index is 2.41. The molecule has 3 N–H and O–H groups in total. The number of alkyl carbamates (subject to hydrolysis) is 1. The van der Waals surface area contributed by atoms with Crippen molar-refractivity contribution in [3.05, 3.63) is 29.8 Å². The van der Waals surface area contributed by atoms with E-state index in [0.29, 0.717) is 25.1 Å². The Morgan fingerprint density at radius 3 is 2.46 bits per heavy atom. The lowest BCUT2D eigenvalue weighted by molar-refractivity contribution is -0.119. The van der Waals surface area contributed by atoms with Crippen LogP contribution in [-0.4, -0.2) is 30.1 Å². The lowest BCUT2D eigenvalue weighted by atomic mass is 10.0. The van der Waals surface area contributed by atoms with Crippen LogP contribution in [0.2, 0.25) is 0 Å². The van der Waals surface area contributed by atoms with Gasteiger partial charge in [-0.25, -0.2) is 4.79 Å². The molecule has 0 aliphatic carbocycles. The van der Waals surface area contributed by atoms with E-state index in [-0.39, 0.29) is 17.9 Å². The summed E-state index contributed by atoms with van der Waals surface area (Å²) in [7, 11) is 0. The molecule has 0 saturated carbocycles. The third-order valence-electron chi connectivity index (χ3n) is 4.14. The summed E-state index contributed by atoms with van der Waals surface area (Å²) in [6, 6.07) is 7.36. The summed E-state index contributed by atoms with van der Waals surface area (Å²) >= 11 is 0. The van der Waals surface area contributed by atoms with E-state index in [1.54, 1.807) is 0 Å². The molecule has 3 amide bonds. The van der Waals surface area contributed by atoms with Gasteiger partial charge in [-0.1, -0.05) is 31.5 Å². The zero-order valence-electron chi connectivity index (χ0n) is 17.5. The summed E-state index contributed by atoms with van der Waals surface area (Å²) < 4.78 is 5.24. The van der Waals surface area contributed by atoms with Crippen molar-refractivity contribution in [2.75, 3.05) is 5.32 Å². The summed E-state index contributed by atoms with van der Waals surface area (Å²) in [4.78, 5) is 34.7. The van der Waals surface area contributed by atoms with Gasteiger partial charge in [-0.05, 0) is 52.2 Å². The Morgan fingerprint density at radius 1 is 1.14 bits per heavy atom. The Hall–Kier alpha value is -2.57. The third-order valence-corrected chi connectivity index (χ3v) is 4.14. The van der Waals surface area contributed by atoms with Gasteiger partial charge in [-0.15, -0.1) is 0 Å². The van der Waals surface area contributed by atoms with Gasteiger partial charge in [0.2, 0.25) is 12.3 Å². The van der Waals surface area contributed by atoms with E-state index < -0.39 is 11.7 Å². The topological polar surface area (TPSA) is 96.5 Å². The number of benzene rings is 1. The molecule has 0 radical (unpaired) electrons. The van der Waals surface area contributed by atoms with E-state index in [2.05, 4.69) is 16.0 Å². The molecule has 0 spiro atoms. The van der Waals surface area contributed by atoms with Gasteiger partial charge in [0.1, 0.15) is 5.60 Å². The fourth-order valence-electron chi connectivity index (χ4n) is 2.65. The van der Waals surface area contributed by atoms with Gasteiger partial charge in [-0.3, -0.25) is 9.59 Å². The van der Waals surface area contributed by atoms with Crippen molar-refractivity contribution in [3.8, 4) is 0 Å². The Morgan fingerprint density at radius 2 is 1.82 bits per heavy atom. The van der Waals surface area contributed by atoms with E-state index in [1.165, 1.54) is 0 Å². The minimum absolute atomic E-state index is 0.0275. The second-order valence-electron chi connectivity index (χ2n) is 8.02. The normalized spacial score (nSPS) is 13.2. The quantitative estimate of drug-likeness (QED) is 0.531. The second kappa shape index (κ2) is 11.3. The molecule has 0 aromatic heterocycles. The second-order valence-corrected chi connectivity index (χ2v) is 8.02. The number of rotatable bonds is 10. The first-order chi connectivity index (χ1) is 13.1. The smallest absolute Gasteiger partial charge is 0.407 e. The van der Waals surface area contributed by atoms with Gasteiger partial charge in [0, 0.05) is 24.2 Å². The van der Waals surface area contributed by atoms with Crippen molar-refractivity contribution < 1.29 is 19.1 Å².